The zero-order valence-electron chi connectivity index (χ0n) is 12.2. The van der Waals surface area contributed by atoms with E-state index in [2.05, 4.69) is 33.2 Å². The Morgan fingerprint density at radius 2 is 2.17 bits per heavy atom. The maximum absolute atomic E-state index is 12.7. The number of piperidine rings is 1. The van der Waals surface area contributed by atoms with Crippen LogP contribution in [0.2, 0.25) is 0 Å². The molecule has 0 bridgehead atoms. The Labute approximate surface area is 145 Å². The summed E-state index contributed by atoms with van der Waals surface area (Å²) in [4.78, 5) is 0. The first-order chi connectivity index (χ1) is 10.8. The Balaban J connectivity index is 1.94. The van der Waals surface area contributed by atoms with Gasteiger partial charge in [0.2, 0.25) is 0 Å². The normalized spacial score (nSPS) is 22.5. The third-order valence-corrected chi connectivity index (χ3v) is 4.62. The standard InChI is InChI=1S/C15H17F3IN3O/c16-15(17,18)8-22-4-2-10-12(5-9(19)6-13(10)22)21-11-1-3-20-7-14(11)23/h2,4-6,11,14,20-21,23H,1,3,7-8H2. The van der Waals surface area contributed by atoms with E-state index in [1.807, 2.05) is 6.07 Å². The van der Waals surface area contributed by atoms with Crippen molar-refractivity contribution < 1.29 is 18.3 Å². The smallest absolute Gasteiger partial charge is 0.390 e. The molecule has 0 amide bonds. The molecule has 2 aromatic rings. The van der Waals surface area contributed by atoms with Gasteiger partial charge in [0.15, 0.2) is 0 Å². The van der Waals surface area contributed by atoms with Crippen LogP contribution >= 0.6 is 22.6 Å². The highest BCUT2D eigenvalue weighted by molar-refractivity contribution is 14.1. The first-order valence-corrected chi connectivity index (χ1v) is 8.42. The minimum Gasteiger partial charge on any atom is -0.390 e. The van der Waals surface area contributed by atoms with Gasteiger partial charge in [0.25, 0.3) is 0 Å². The van der Waals surface area contributed by atoms with Gasteiger partial charge in [-0.1, -0.05) is 0 Å². The van der Waals surface area contributed by atoms with Gasteiger partial charge in [0.1, 0.15) is 6.54 Å². The fraction of sp³-hybridized carbons (Fsp3) is 0.467. The van der Waals surface area contributed by atoms with E-state index in [0.29, 0.717) is 12.1 Å². The summed E-state index contributed by atoms with van der Waals surface area (Å²) in [5.41, 5.74) is 1.30. The molecule has 1 aromatic heterocycles. The third kappa shape index (κ3) is 3.92. The first kappa shape index (κ1) is 16.8. The molecule has 0 aliphatic carbocycles. The number of aliphatic hydroxyl groups is 1. The van der Waals surface area contributed by atoms with E-state index in [1.54, 1.807) is 12.1 Å². The molecule has 1 saturated heterocycles. The van der Waals surface area contributed by atoms with Crippen LogP contribution in [-0.2, 0) is 6.54 Å². The third-order valence-electron chi connectivity index (χ3n) is 3.99. The number of nitrogens with one attached hydrogen (secondary N) is 2. The molecule has 3 N–H and O–H groups in total. The number of nitrogens with zero attached hydrogens (tertiary/aromatic N) is 1. The van der Waals surface area contributed by atoms with Crippen LogP contribution in [0.1, 0.15) is 6.42 Å². The van der Waals surface area contributed by atoms with Crippen LogP contribution < -0.4 is 10.6 Å². The molecular weight excluding hydrogens is 422 g/mol. The number of alkyl halides is 3. The molecule has 126 valence electrons. The molecule has 0 spiro atoms. The molecule has 0 saturated carbocycles. The second-order valence-electron chi connectivity index (χ2n) is 5.76. The average Bonchev–Trinajstić information content (AvgIpc) is 2.82. The zero-order valence-corrected chi connectivity index (χ0v) is 14.4. The van der Waals surface area contributed by atoms with E-state index in [9.17, 15) is 18.3 Å². The number of rotatable bonds is 3. The number of benzene rings is 1. The van der Waals surface area contributed by atoms with Crippen LogP contribution in [-0.4, -0.2) is 41.1 Å². The van der Waals surface area contributed by atoms with Crippen molar-refractivity contribution in [3.05, 3.63) is 28.0 Å². The number of anilines is 1. The van der Waals surface area contributed by atoms with Crippen molar-refractivity contribution in [3.8, 4) is 0 Å². The summed E-state index contributed by atoms with van der Waals surface area (Å²) in [6, 6.07) is 5.22. The predicted octanol–water partition coefficient (Wildman–Crippen LogP) is 2.94. The minimum absolute atomic E-state index is 0.108. The first-order valence-electron chi connectivity index (χ1n) is 7.34. The van der Waals surface area contributed by atoms with Crippen LogP contribution in [0.3, 0.4) is 0 Å². The molecule has 2 atom stereocenters. The molecule has 3 rings (SSSR count). The van der Waals surface area contributed by atoms with Gasteiger partial charge in [-0.2, -0.15) is 13.2 Å². The lowest BCUT2D eigenvalue weighted by molar-refractivity contribution is -0.139. The van der Waals surface area contributed by atoms with Crippen molar-refractivity contribution >= 4 is 39.2 Å². The van der Waals surface area contributed by atoms with E-state index in [0.717, 1.165) is 27.6 Å². The Morgan fingerprint density at radius 1 is 1.39 bits per heavy atom. The SMILES string of the molecule is OC1CNCCC1Nc1cc(I)cc2c1ccn2CC(F)(F)F. The maximum atomic E-state index is 12.7. The highest BCUT2D eigenvalue weighted by atomic mass is 127. The Morgan fingerprint density at radius 3 is 2.87 bits per heavy atom. The van der Waals surface area contributed by atoms with Crippen molar-refractivity contribution in [1.29, 1.82) is 0 Å². The lowest BCUT2D eigenvalue weighted by atomic mass is 10.0. The van der Waals surface area contributed by atoms with Gasteiger partial charge in [0.05, 0.1) is 17.7 Å². The monoisotopic (exact) mass is 439 g/mol. The van der Waals surface area contributed by atoms with E-state index in [1.165, 1.54) is 10.8 Å². The van der Waals surface area contributed by atoms with Crippen LogP contribution in [0.25, 0.3) is 10.9 Å². The molecule has 1 fully saturated rings. The molecule has 1 aliphatic heterocycles. The van der Waals surface area contributed by atoms with Crippen LogP contribution in [0, 0.1) is 3.57 Å². The fourth-order valence-electron chi connectivity index (χ4n) is 2.92. The molecule has 2 heterocycles. The molecule has 8 heteroatoms. The van der Waals surface area contributed by atoms with Gasteiger partial charge in [-0.25, -0.2) is 0 Å². The molecule has 23 heavy (non-hydrogen) atoms. The zero-order chi connectivity index (χ0) is 16.6. The van der Waals surface area contributed by atoms with Gasteiger partial charge in [-0.15, -0.1) is 0 Å². The second kappa shape index (κ2) is 6.48. The van der Waals surface area contributed by atoms with Gasteiger partial charge in [-0.05, 0) is 53.8 Å². The second-order valence-corrected chi connectivity index (χ2v) is 7.00. The van der Waals surface area contributed by atoms with Crippen molar-refractivity contribution in [2.45, 2.75) is 31.3 Å². The summed E-state index contributed by atoms with van der Waals surface area (Å²) >= 11 is 2.10. The maximum Gasteiger partial charge on any atom is 0.406 e. The minimum atomic E-state index is -4.26. The predicted molar refractivity (Wildman–Crippen MR) is 91.6 cm³/mol. The molecule has 2 unspecified atom stereocenters. The highest BCUT2D eigenvalue weighted by Gasteiger charge is 2.29. The fourth-order valence-corrected chi connectivity index (χ4v) is 3.53. The molecule has 1 aromatic carbocycles. The van der Waals surface area contributed by atoms with Crippen molar-refractivity contribution in [1.82, 2.24) is 9.88 Å². The Bertz CT molecular complexity index is 701. The van der Waals surface area contributed by atoms with Crippen molar-refractivity contribution in [3.63, 3.8) is 0 Å². The number of hydrogen-bond donors (Lipinski definition) is 3. The topological polar surface area (TPSA) is 49.2 Å². The summed E-state index contributed by atoms with van der Waals surface area (Å²) in [5.74, 6) is 0. The van der Waals surface area contributed by atoms with E-state index in [-0.39, 0.29) is 6.04 Å². The lowest BCUT2D eigenvalue weighted by Crippen LogP contribution is -2.47. The summed E-state index contributed by atoms with van der Waals surface area (Å²) in [6.07, 6.45) is -2.56. The van der Waals surface area contributed by atoms with E-state index in [4.69, 9.17) is 0 Å². The molecule has 0 radical (unpaired) electrons. The molecule has 4 nitrogen and oxygen atoms in total. The quantitative estimate of drug-likeness (QED) is 0.645. The summed E-state index contributed by atoms with van der Waals surface area (Å²) in [7, 11) is 0. The number of aliphatic hydroxyl groups excluding tert-OH is 1. The summed E-state index contributed by atoms with van der Waals surface area (Å²) < 4.78 is 40.1. The number of fused-ring (bicyclic) bond motifs is 1. The highest BCUT2D eigenvalue weighted by Crippen LogP contribution is 2.31. The largest absolute Gasteiger partial charge is 0.406 e. The molecular formula is C15H17F3IN3O. The number of β-amino-alcohol motifs (C(OH)–C–C–N with tert-alkyl or cyclic N) is 1. The summed E-state index contributed by atoms with van der Waals surface area (Å²) in [6.45, 7) is 0.308. The van der Waals surface area contributed by atoms with Gasteiger partial charge >= 0.3 is 6.18 Å². The van der Waals surface area contributed by atoms with Gasteiger partial charge < -0.3 is 20.3 Å². The average molecular weight is 439 g/mol. The molecule has 1 aliphatic rings. The number of hydrogen-bond acceptors (Lipinski definition) is 3. The van der Waals surface area contributed by atoms with Gasteiger partial charge in [0, 0.05) is 27.4 Å². The summed E-state index contributed by atoms with van der Waals surface area (Å²) in [5, 5.41) is 17.2. The van der Waals surface area contributed by atoms with E-state index >= 15 is 0 Å². The van der Waals surface area contributed by atoms with Gasteiger partial charge in [-0.3, -0.25) is 0 Å². The van der Waals surface area contributed by atoms with Crippen LogP contribution in [0.4, 0.5) is 18.9 Å². The van der Waals surface area contributed by atoms with Crippen molar-refractivity contribution in [2.24, 2.45) is 0 Å². The van der Waals surface area contributed by atoms with Crippen LogP contribution in [0.15, 0.2) is 24.4 Å². The number of halogens is 4. The lowest BCUT2D eigenvalue weighted by Gasteiger charge is -2.30. The van der Waals surface area contributed by atoms with E-state index < -0.39 is 18.8 Å². The Hall–Kier alpha value is -1.00. The number of aromatic nitrogens is 1. The van der Waals surface area contributed by atoms with Crippen LogP contribution in [0.5, 0.6) is 0 Å². The Kier molecular flexibility index (Phi) is 4.75. The van der Waals surface area contributed by atoms with Crippen molar-refractivity contribution in [2.75, 3.05) is 18.4 Å².